The van der Waals surface area contributed by atoms with Crippen molar-refractivity contribution in [2.75, 3.05) is 19.7 Å². The number of hydrogen-bond donors (Lipinski definition) is 0. The van der Waals surface area contributed by atoms with E-state index in [0.29, 0.717) is 31.1 Å². The van der Waals surface area contributed by atoms with Gasteiger partial charge in [-0.25, -0.2) is 4.98 Å². The molecule has 0 aromatic carbocycles. The molecule has 1 amide bonds. The van der Waals surface area contributed by atoms with E-state index < -0.39 is 0 Å². The maximum absolute atomic E-state index is 12.5. The fraction of sp³-hybridized carbons (Fsp3) is 0.500. The summed E-state index contributed by atoms with van der Waals surface area (Å²) in [5.74, 6) is 0.709. The van der Waals surface area contributed by atoms with Gasteiger partial charge < -0.3 is 18.8 Å². The second-order valence-electron chi connectivity index (χ2n) is 7.24. The molecule has 2 aliphatic heterocycles. The Morgan fingerprint density at radius 2 is 2.19 bits per heavy atom. The molecule has 0 N–H and O–H groups in total. The molecular formula is C20H24N2O4. The van der Waals surface area contributed by atoms with E-state index in [1.807, 2.05) is 24.0 Å². The Bertz CT molecular complexity index is 751. The molecule has 2 aliphatic rings. The number of carbonyl (C=O) groups excluding carboxylic acids is 1. The number of aryl methyl sites for hydroxylation is 1. The fourth-order valence-electron chi connectivity index (χ4n) is 3.86. The van der Waals surface area contributed by atoms with Gasteiger partial charge in [-0.1, -0.05) is 0 Å². The number of furan rings is 1. The van der Waals surface area contributed by atoms with E-state index in [4.69, 9.17) is 13.9 Å². The summed E-state index contributed by atoms with van der Waals surface area (Å²) in [5, 5.41) is 0. The minimum atomic E-state index is -0.195. The SMILES string of the molecule is Cc1ccnc(OC2CCOC3(CCN(C(=O)c4ccoc4)CC3)C2)c1. The van der Waals surface area contributed by atoms with Gasteiger partial charge in [0.05, 0.1) is 24.0 Å². The molecular weight excluding hydrogens is 332 g/mol. The molecule has 2 aromatic heterocycles. The van der Waals surface area contributed by atoms with Crippen LogP contribution in [-0.4, -0.2) is 47.2 Å². The second-order valence-corrected chi connectivity index (χ2v) is 7.24. The largest absolute Gasteiger partial charge is 0.474 e. The van der Waals surface area contributed by atoms with Crippen LogP contribution in [0.15, 0.2) is 41.3 Å². The molecule has 1 spiro atoms. The molecule has 0 radical (unpaired) electrons. The molecule has 2 fully saturated rings. The van der Waals surface area contributed by atoms with Gasteiger partial charge in [0.1, 0.15) is 12.4 Å². The first-order chi connectivity index (χ1) is 12.6. The minimum absolute atomic E-state index is 0.0289. The molecule has 0 bridgehead atoms. The summed E-state index contributed by atoms with van der Waals surface area (Å²) in [6.45, 7) is 4.11. The van der Waals surface area contributed by atoms with Crippen LogP contribution in [0.25, 0.3) is 0 Å². The van der Waals surface area contributed by atoms with Crippen molar-refractivity contribution >= 4 is 5.91 Å². The van der Waals surface area contributed by atoms with Crippen molar-refractivity contribution in [1.29, 1.82) is 0 Å². The summed E-state index contributed by atoms with van der Waals surface area (Å²) >= 11 is 0. The van der Waals surface area contributed by atoms with Crippen molar-refractivity contribution in [2.24, 2.45) is 0 Å². The third-order valence-corrected chi connectivity index (χ3v) is 5.36. The van der Waals surface area contributed by atoms with Crippen LogP contribution in [0.2, 0.25) is 0 Å². The molecule has 4 heterocycles. The first-order valence-corrected chi connectivity index (χ1v) is 9.18. The number of nitrogens with zero attached hydrogens (tertiary/aromatic N) is 2. The molecule has 26 heavy (non-hydrogen) atoms. The smallest absolute Gasteiger partial charge is 0.257 e. The summed E-state index contributed by atoms with van der Waals surface area (Å²) in [6.07, 6.45) is 8.29. The monoisotopic (exact) mass is 356 g/mol. The number of hydrogen-bond acceptors (Lipinski definition) is 5. The Morgan fingerprint density at radius 1 is 1.35 bits per heavy atom. The first-order valence-electron chi connectivity index (χ1n) is 9.18. The standard InChI is InChI=1S/C20H24N2O4/c1-15-2-7-21-18(12-15)26-17-4-11-25-20(13-17)5-8-22(9-6-20)19(23)16-3-10-24-14-16/h2-3,7,10,12,14,17H,4-6,8-9,11,13H2,1H3. The van der Waals surface area contributed by atoms with Crippen LogP contribution in [0.3, 0.4) is 0 Å². The van der Waals surface area contributed by atoms with E-state index in [-0.39, 0.29) is 17.6 Å². The maximum atomic E-state index is 12.5. The molecule has 138 valence electrons. The lowest BCUT2D eigenvalue weighted by atomic mass is 9.83. The number of likely N-dealkylation sites (tertiary alicyclic amines) is 1. The van der Waals surface area contributed by atoms with Gasteiger partial charge >= 0.3 is 0 Å². The van der Waals surface area contributed by atoms with Gasteiger partial charge in [-0.05, 0) is 37.5 Å². The van der Waals surface area contributed by atoms with Gasteiger partial charge in [-0.2, -0.15) is 0 Å². The van der Waals surface area contributed by atoms with Crippen molar-refractivity contribution in [1.82, 2.24) is 9.88 Å². The first kappa shape index (κ1) is 17.1. The molecule has 0 aliphatic carbocycles. The van der Waals surface area contributed by atoms with Gasteiger partial charge in [0.2, 0.25) is 5.88 Å². The number of piperidine rings is 1. The summed E-state index contributed by atoms with van der Waals surface area (Å²) < 4.78 is 17.3. The molecule has 6 nitrogen and oxygen atoms in total. The number of ether oxygens (including phenoxy) is 2. The van der Waals surface area contributed by atoms with Crippen molar-refractivity contribution < 1.29 is 18.7 Å². The van der Waals surface area contributed by atoms with Crippen molar-refractivity contribution in [3.63, 3.8) is 0 Å². The van der Waals surface area contributed by atoms with E-state index in [2.05, 4.69) is 4.98 Å². The number of aromatic nitrogens is 1. The van der Waals surface area contributed by atoms with Crippen LogP contribution >= 0.6 is 0 Å². The van der Waals surface area contributed by atoms with Gasteiger partial charge in [-0.15, -0.1) is 0 Å². The lowest BCUT2D eigenvalue weighted by molar-refractivity contribution is -0.135. The van der Waals surface area contributed by atoms with Crippen LogP contribution in [0, 0.1) is 6.92 Å². The Morgan fingerprint density at radius 3 is 2.92 bits per heavy atom. The highest BCUT2D eigenvalue weighted by atomic mass is 16.5. The van der Waals surface area contributed by atoms with Crippen molar-refractivity contribution in [2.45, 2.75) is 44.3 Å². The van der Waals surface area contributed by atoms with Gasteiger partial charge in [0, 0.05) is 38.2 Å². The van der Waals surface area contributed by atoms with Crippen LogP contribution in [0.4, 0.5) is 0 Å². The average Bonchev–Trinajstić information content (AvgIpc) is 3.17. The topological polar surface area (TPSA) is 64.8 Å². The Labute approximate surface area is 153 Å². The molecule has 1 unspecified atom stereocenters. The van der Waals surface area contributed by atoms with E-state index in [1.165, 1.54) is 12.5 Å². The zero-order valence-electron chi connectivity index (χ0n) is 15.0. The van der Waals surface area contributed by atoms with E-state index in [1.54, 1.807) is 12.3 Å². The quantitative estimate of drug-likeness (QED) is 0.845. The molecule has 0 saturated carbocycles. The maximum Gasteiger partial charge on any atom is 0.257 e. The highest BCUT2D eigenvalue weighted by Crippen LogP contribution is 2.36. The number of carbonyl (C=O) groups is 1. The summed E-state index contributed by atoms with van der Waals surface area (Å²) in [6, 6.07) is 5.64. The molecule has 2 aromatic rings. The minimum Gasteiger partial charge on any atom is -0.474 e. The van der Waals surface area contributed by atoms with Crippen LogP contribution in [-0.2, 0) is 4.74 Å². The Balaban J connectivity index is 1.36. The summed E-state index contributed by atoms with van der Waals surface area (Å²) in [5.41, 5.74) is 1.56. The molecule has 6 heteroatoms. The molecule has 2 saturated heterocycles. The fourth-order valence-corrected chi connectivity index (χ4v) is 3.86. The Hall–Kier alpha value is -2.34. The zero-order chi connectivity index (χ0) is 18.0. The van der Waals surface area contributed by atoms with Crippen LogP contribution in [0.5, 0.6) is 5.88 Å². The summed E-state index contributed by atoms with van der Waals surface area (Å²) in [7, 11) is 0. The highest BCUT2D eigenvalue weighted by Gasteiger charge is 2.42. The third kappa shape index (κ3) is 3.60. The Kier molecular flexibility index (Phi) is 4.68. The normalized spacial score (nSPS) is 22.3. The van der Waals surface area contributed by atoms with Crippen LogP contribution < -0.4 is 4.74 Å². The zero-order valence-corrected chi connectivity index (χ0v) is 15.0. The molecule has 4 rings (SSSR count). The average molecular weight is 356 g/mol. The predicted molar refractivity (Wildman–Crippen MR) is 95.2 cm³/mol. The van der Waals surface area contributed by atoms with Crippen molar-refractivity contribution in [3.05, 3.63) is 48.0 Å². The van der Waals surface area contributed by atoms with Gasteiger partial charge in [0.25, 0.3) is 5.91 Å². The van der Waals surface area contributed by atoms with E-state index in [0.717, 1.165) is 31.2 Å². The number of pyridine rings is 1. The van der Waals surface area contributed by atoms with Crippen LogP contribution in [0.1, 0.15) is 41.6 Å². The number of rotatable bonds is 3. The predicted octanol–water partition coefficient (Wildman–Crippen LogP) is 3.22. The highest BCUT2D eigenvalue weighted by molar-refractivity contribution is 5.93. The van der Waals surface area contributed by atoms with E-state index >= 15 is 0 Å². The van der Waals surface area contributed by atoms with Gasteiger partial charge in [0.15, 0.2) is 0 Å². The number of amides is 1. The lowest BCUT2D eigenvalue weighted by Crippen LogP contribution is -2.52. The second kappa shape index (κ2) is 7.11. The lowest BCUT2D eigenvalue weighted by Gasteiger charge is -2.45. The molecule has 1 atom stereocenters. The van der Waals surface area contributed by atoms with Gasteiger partial charge in [-0.3, -0.25) is 4.79 Å². The summed E-state index contributed by atoms with van der Waals surface area (Å²) in [4.78, 5) is 18.6. The van der Waals surface area contributed by atoms with E-state index in [9.17, 15) is 4.79 Å². The third-order valence-electron chi connectivity index (χ3n) is 5.36. The van der Waals surface area contributed by atoms with Crippen molar-refractivity contribution in [3.8, 4) is 5.88 Å².